The molecule has 1 unspecified atom stereocenters. The molecule has 0 bridgehead atoms. The first-order chi connectivity index (χ1) is 10.8. The van der Waals surface area contributed by atoms with Gasteiger partial charge in [-0.15, -0.1) is 0 Å². The Morgan fingerprint density at radius 3 is 2.18 bits per heavy atom. The predicted octanol–water partition coefficient (Wildman–Crippen LogP) is 4.96. The lowest BCUT2D eigenvalue weighted by atomic mass is 9.98. The van der Waals surface area contributed by atoms with Crippen molar-refractivity contribution in [3.8, 4) is 0 Å². The van der Waals surface area contributed by atoms with Crippen molar-refractivity contribution in [2.45, 2.75) is 6.04 Å². The summed E-state index contributed by atoms with van der Waals surface area (Å²) in [6.07, 6.45) is 3.72. The van der Waals surface area contributed by atoms with Crippen LogP contribution in [0.3, 0.4) is 0 Å². The second-order valence-electron chi connectivity index (χ2n) is 5.19. The molecule has 0 fully saturated rings. The predicted molar refractivity (Wildman–Crippen MR) is 92.4 cm³/mol. The van der Waals surface area contributed by atoms with Crippen molar-refractivity contribution in [3.63, 3.8) is 0 Å². The van der Waals surface area contributed by atoms with Crippen molar-refractivity contribution in [3.05, 3.63) is 95.3 Å². The van der Waals surface area contributed by atoms with Gasteiger partial charge in [0.15, 0.2) is 0 Å². The van der Waals surface area contributed by atoms with Gasteiger partial charge in [-0.3, -0.25) is 4.98 Å². The molecule has 0 N–H and O–H groups in total. The minimum absolute atomic E-state index is 0.107. The molecule has 3 aromatic rings. The molecule has 110 valence electrons. The summed E-state index contributed by atoms with van der Waals surface area (Å²) >= 11 is 6.00. The summed E-state index contributed by atoms with van der Waals surface area (Å²) in [4.78, 5) is 6.51. The lowest BCUT2D eigenvalue weighted by molar-refractivity contribution is 0.778. The average molecular weight is 309 g/mol. The number of hydrogen-bond acceptors (Lipinski definition) is 2. The number of anilines is 1. The molecule has 3 heteroatoms. The summed E-state index contributed by atoms with van der Waals surface area (Å²) in [6.45, 7) is 0. The number of pyridine rings is 1. The molecule has 22 heavy (non-hydrogen) atoms. The fourth-order valence-electron chi connectivity index (χ4n) is 2.64. The lowest BCUT2D eigenvalue weighted by Gasteiger charge is -2.31. The molecular weight excluding hydrogens is 292 g/mol. The second-order valence-corrected chi connectivity index (χ2v) is 5.62. The average Bonchev–Trinajstić information content (AvgIpc) is 2.57. The molecule has 0 aliphatic rings. The summed E-state index contributed by atoms with van der Waals surface area (Å²) in [5.41, 5.74) is 3.50. The van der Waals surface area contributed by atoms with E-state index >= 15 is 0 Å². The zero-order valence-corrected chi connectivity index (χ0v) is 13.1. The van der Waals surface area contributed by atoms with Crippen LogP contribution in [0, 0.1) is 0 Å². The molecule has 2 aromatic carbocycles. The number of aromatic nitrogens is 1. The van der Waals surface area contributed by atoms with E-state index < -0.39 is 0 Å². The standard InChI is InChI=1S/C19H17ClN2/c1-22(18-11-9-17(20)10-12-18)19(15-6-3-2-4-7-15)16-8-5-13-21-14-16/h2-14,19H,1H3. The van der Waals surface area contributed by atoms with Gasteiger partial charge >= 0.3 is 0 Å². The van der Waals surface area contributed by atoms with Gasteiger partial charge < -0.3 is 4.90 Å². The van der Waals surface area contributed by atoms with Crippen LogP contribution in [-0.4, -0.2) is 12.0 Å². The van der Waals surface area contributed by atoms with Gasteiger partial charge in [-0.05, 0) is 41.5 Å². The smallest absolute Gasteiger partial charge is 0.0807 e. The Kier molecular flexibility index (Phi) is 4.40. The van der Waals surface area contributed by atoms with Crippen molar-refractivity contribution >= 4 is 17.3 Å². The number of hydrogen-bond donors (Lipinski definition) is 0. The Morgan fingerprint density at radius 1 is 0.864 bits per heavy atom. The number of nitrogens with zero attached hydrogens (tertiary/aromatic N) is 2. The number of halogens is 1. The zero-order chi connectivity index (χ0) is 15.4. The van der Waals surface area contributed by atoms with Crippen molar-refractivity contribution < 1.29 is 0 Å². The number of benzene rings is 2. The molecule has 0 saturated heterocycles. The van der Waals surface area contributed by atoms with Gasteiger partial charge in [-0.25, -0.2) is 0 Å². The Labute approximate surface area is 136 Å². The van der Waals surface area contributed by atoms with E-state index in [0.717, 1.165) is 16.3 Å². The summed E-state index contributed by atoms with van der Waals surface area (Å²) in [6, 6.07) is 22.5. The van der Waals surface area contributed by atoms with Crippen molar-refractivity contribution in [1.82, 2.24) is 4.98 Å². The fourth-order valence-corrected chi connectivity index (χ4v) is 2.76. The van der Waals surface area contributed by atoms with Gasteiger partial charge in [0.1, 0.15) is 0 Å². The largest absolute Gasteiger partial charge is 0.363 e. The molecule has 0 aliphatic carbocycles. The van der Waals surface area contributed by atoms with Crippen LogP contribution in [0.2, 0.25) is 5.02 Å². The fraction of sp³-hybridized carbons (Fsp3) is 0.105. The Morgan fingerprint density at radius 2 is 1.55 bits per heavy atom. The topological polar surface area (TPSA) is 16.1 Å². The molecule has 0 saturated carbocycles. The molecular formula is C19H17ClN2. The maximum absolute atomic E-state index is 6.00. The Bertz CT molecular complexity index is 672. The summed E-state index contributed by atoms with van der Waals surface area (Å²) in [5, 5.41) is 0.745. The Hall–Kier alpha value is -2.32. The minimum atomic E-state index is 0.107. The quantitative estimate of drug-likeness (QED) is 0.677. The third-order valence-corrected chi connectivity index (χ3v) is 3.99. The molecule has 1 aromatic heterocycles. The van der Waals surface area contributed by atoms with E-state index in [1.54, 1.807) is 6.20 Å². The van der Waals surface area contributed by atoms with Gasteiger partial charge in [0.05, 0.1) is 6.04 Å². The first kappa shape index (κ1) is 14.6. The van der Waals surface area contributed by atoms with Gasteiger partial charge in [0.25, 0.3) is 0 Å². The van der Waals surface area contributed by atoms with Crippen LogP contribution in [-0.2, 0) is 0 Å². The van der Waals surface area contributed by atoms with Gasteiger partial charge in [-0.2, -0.15) is 0 Å². The van der Waals surface area contributed by atoms with E-state index in [2.05, 4.69) is 47.3 Å². The van der Waals surface area contributed by atoms with Crippen LogP contribution in [0.4, 0.5) is 5.69 Å². The van der Waals surface area contributed by atoms with Crippen molar-refractivity contribution in [1.29, 1.82) is 0 Å². The summed E-state index contributed by atoms with van der Waals surface area (Å²) in [7, 11) is 2.09. The molecule has 0 radical (unpaired) electrons. The van der Waals surface area contributed by atoms with E-state index in [0.29, 0.717) is 0 Å². The van der Waals surface area contributed by atoms with Crippen molar-refractivity contribution in [2.24, 2.45) is 0 Å². The summed E-state index contributed by atoms with van der Waals surface area (Å²) in [5.74, 6) is 0. The second kappa shape index (κ2) is 6.63. The third-order valence-electron chi connectivity index (χ3n) is 3.74. The highest BCUT2D eigenvalue weighted by atomic mass is 35.5. The van der Waals surface area contributed by atoms with E-state index in [9.17, 15) is 0 Å². The molecule has 0 spiro atoms. The number of rotatable bonds is 4. The monoisotopic (exact) mass is 308 g/mol. The molecule has 1 heterocycles. The SMILES string of the molecule is CN(c1ccc(Cl)cc1)C(c1ccccc1)c1cccnc1. The first-order valence-electron chi connectivity index (χ1n) is 7.19. The highest BCUT2D eigenvalue weighted by molar-refractivity contribution is 6.30. The zero-order valence-electron chi connectivity index (χ0n) is 12.4. The molecule has 0 amide bonds. The molecule has 1 atom stereocenters. The van der Waals surface area contributed by atoms with E-state index in [-0.39, 0.29) is 6.04 Å². The third kappa shape index (κ3) is 3.12. The van der Waals surface area contributed by atoms with E-state index in [1.807, 2.05) is 42.6 Å². The van der Waals surface area contributed by atoms with Crippen LogP contribution in [0.15, 0.2) is 79.1 Å². The maximum atomic E-state index is 6.00. The summed E-state index contributed by atoms with van der Waals surface area (Å²) < 4.78 is 0. The maximum Gasteiger partial charge on any atom is 0.0807 e. The van der Waals surface area contributed by atoms with Crippen LogP contribution < -0.4 is 4.90 Å². The van der Waals surface area contributed by atoms with Crippen LogP contribution in [0.5, 0.6) is 0 Å². The van der Waals surface area contributed by atoms with Gasteiger partial charge in [0.2, 0.25) is 0 Å². The van der Waals surface area contributed by atoms with E-state index in [1.165, 1.54) is 5.56 Å². The van der Waals surface area contributed by atoms with Crippen LogP contribution in [0.1, 0.15) is 17.2 Å². The minimum Gasteiger partial charge on any atom is -0.363 e. The van der Waals surface area contributed by atoms with Crippen LogP contribution >= 0.6 is 11.6 Å². The van der Waals surface area contributed by atoms with Crippen LogP contribution in [0.25, 0.3) is 0 Å². The van der Waals surface area contributed by atoms with Gasteiger partial charge in [0, 0.05) is 30.2 Å². The van der Waals surface area contributed by atoms with Crippen molar-refractivity contribution in [2.75, 3.05) is 11.9 Å². The lowest BCUT2D eigenvalue weighted by Crippen LogP contribution is -2.25. The van der Waals surface area contributed by atoms with Gasteiger partial charge in [-0.1, -0.05) is 48.0 Å². The first-order valence-corrected chi connectivity index (χ1v) is 7.57. The van der Waals surface area contributed by atoms with E-state index in [4.69, 9.17) is 11.6 Å². The Balaban J connectivity index is 2.04. The molecule has 3 rings (SSSR count). The highest BCUT2D eigenvalue weighted by Gasteiger charge is 2.19. The molecule has 0 aliphatic heterocycles. The highest BCUT2D eigenvalue weighted by Crippen LogP contribution is 2.31. The molecule has 2 nitrogen and oxygen atoms in total. The normalized spacial score (nSPS) is 11.9.